The third-order valence-corrected chi connectivity index (χ3v) is 7.27. The molecule has 2 bridgehead atoms. The minimum atomic E-state index is -1.31. The molecule has 8 nitrogen and oxygen atoms in total. The molecule has 0 amide bonds. The number of hydrogen-bond acceptors (Lipinski definition) is 8. The molecule has 2 fully saturated rings. The van der Waals surface area contributed by atoms with Gasteiger partial charge in [-0.2, -0.15) is 5.10 Å². The van der Waals surface area contributed by atoms with Crippen LogP contribution in [0.5, 0.6) is 0 Å². The van der Waals surface area contributed by atoms with Crippen LogP contribution in [0.15, 0.2) is 24.4 Å². The number of nitrogens with two attached hydrogens (primary N) is 2. The van der Waals surface area contributed by atoms with Crippen molar-refractivity contribution < 1.29 is 18.6 Å². The van der Waals surface area contributed by atoms with Crippen LogP contribution in [0.2, 0.25) is 0 Å². The highest BCUT2D eigenvalue weighted by Gasteiger charge is 2.50. The van der Waals surface area contributed by atoms with E-state index in [9.17, 15) is 13.9 Å². The predicted octanol–water partition coefficient (Wildman–Crippen LogP) is 3.00. The first-order valence-electron chi connectivity index (χ1n) is 10.4. The highest BCUT2D eigenvalue weighted by Crippen LogP contribution is 2.50. The number of nitrogens with zero attached hydrogens (tertiary/aromatic N) is 3. The van der Waals surface area contributed by atoms with Gasteiger partial charge < -0.3 is 26.6 Å². The first-order chi connectivity index (χ1) is 15.3. The second-order valence-corrected chi connectivity index (χ2v) is 9.36. The lowest BCUT2D eigenvalue weighted by Gasteiger charge is -2.37. The molecule has 2 aliphatic rings. The Bertz CT molecular complexity index is 1150. The van der Waals surface area contributed by atoms with Gasteiger partial charge in [-0.3, -0.25) is 4.68 Å². The van der Waals surface area contributed by atoms with Crippen LogP contribution in [0.25, 0.3) is 10.6 Å². The van der Waals surface area contributed by atoms with Crippen molar-refractivity contribution >= 4 is 22.0 Å². The van der Waals surface area contributed by atoms with E-state index < -0.39 is 23.5 Å². The summed E-state index contributed by atoms with van der Waals surface area (Å²) in [6.45, 7) is 0. The van der Waals surface area contributed by atoms with Gasteiger partial charge in [0.05, 0.1) is 29.2 Å². The molecule has 1 unspecified atom stereocenters. The molecule has 32 heavy (non-hydrogen) atoms. The SMILES string of the molecule is Cn1ncc(NC(O)c2nc(-c3c(F)cccc3F)sc2N)c1[C@@]12CC[C@H](N)[C@@H](CC1)O2. The summed E-state index contributed by atoms with van der Waals surface area (Å²) < 4.78 is 36.4. The maximum Gasteiger partial charge on any atom is 0.171 e. The Labute approximate surface area is 187 Å². The van der Waals surface area contributed by atoms with Gasteiger partial charge in [-0.15, -0.1) is 0 Å². The van der Waals surface area contributed by atoms with Crippen molar-refractivity contribution in [2.75, 3.05) is 11.1 Å². The summed E-state index contributed by atoms with van der Waals surface area (Å²) in [5.74, 6) is -1.49. The fraction of sp³-hybridized carbons (Fsp3) is 0.429. The number of hydrogen-bond donors (Lipinski definition) is 4. The van der Waals surface area contributed by atoms with Gasteiger partial charge in [0.25, 0.3) is 0 Å². The van der Waals surface area contributed by atoms with Crippen molar-refractivity contribution in [1.82, 2.24) is 14.8 Å². The van der Waals surface area contributed by atoms with E-state index in [1.54, 1.807) is 10.9 Å². The van der Waals surface area contributed by atoms with Crippen LogP contribution in [0, 0.1) is 11.6 Å². The smallest absolute Gasteiger partial charge is 0.171 e. The van der Waals surface area contributed by atoms with Crippen molar-refractivity contribution in [2.45, 2.75) is 49.7 Å². The second-order valence-electron chi connectivity index (χ2n) is 8.33. The normalized spacial score (nSPS) is 25.8. The number of fused-ring (bicyclic) bond motifs is 2. The zero-order valence-electron chi connectivity index (χ0n) is 17.4. The van der Waals surface area contributed by atoms with E-state index in [-0.39, 0.29) is 33.4 Å². The van der Waals surface area contributed by atoms with Crippen LogP contribution in [-0.2, 0) is 17.4 Å². The summed E-state index contributed by atoms with van der Waals surface area (Å²) in [5, 5.41) is 18.4. The molecule has 0 saturated carbocycles. The largest absolute Gasteiger partial charge is 0.389 e. The third kappa shape index (κ3) is 3.36. The fourth-order valence-corrected chi connectivity index (χ4v) is 5.71. The Kier molecular flexibility index (Phi) is 5.16. The zero-order valence-corrected chi connectivity index (χ0v) is 18.2. The summed E-state index contributed by atoms with van der Waals surface area (Å²) in [7, 11) is 1.82. The van der Waals surface area contributed by atoms with Crippen LogP contribution < -0.4 is 16.8 Å². The summed E-state index contributed by atoms with van der Waals surface area (Å²) in [4.78, 5) is 4.23. The Morgan fingerprint density at radius 3 is 2.78 bits per heavy atom. The molecule has 0 spiro atoms. The van der Waals surface area contributed by atoms with Gasteiger partial charge >= 0.3 is 0 Å². The lowest BCUT2D eigenvalue weighted by molar-refractivity contribution is -0.0942. The van der Waals surface area contributed by atoms with Gasteiger partial charge in [0.1, 0.15) is 32.9 Å². The van der Waals surface area contributed by atoms with Crippen LogP contribution in [0.4, 0.5) is 19.5 Å². The van der Waals surface area contributed by atoms with Gasteiger partial charge in [0.15, 0.2) is 6.23 Å². The number of aliphatic hydroxyl groups excluding tert-OH is 1. The van der Waals surface area contributed by atoms with Crippen molar-refractivity contribution in [3.8, 4) is 10.6 Å². The molecular formula is C21H24F2N6O2S. The van der Waals surface area contributed by atoms with Gasteiger partial charge in [-0.1, -0.05) is 17.4 Å². The number of nitrogen functional groups attached to an aromatic ring is 1. The molecule has 4 atom stereocenters. The summed E-state index contributed by atoms with van der Waals surface area (Å²) in [6, 6.07) is 3.60. The van der Waals surface area contributed by atoms with Crippen molar-refractivity contribution in [2.24, 2.45) is 12.8 Å². The average molecular weight is 463 g/mol. The number of aromatic nitrogens is 3. The summed E-state index contributed by atoms with van der Waals surface area (Å²) in [6.07, 6.45) is 3.58. The number of anilines is 2. The maximum absolute atomic E-state index is 14.2. The van der Waals surface area contributed by atoms with Crippen molar-refractivity contribution in [3.63, 3.8) is 0 Å². The standard InChI is InChI=1S/C21H24F2N6O2S/c1-29-17(21-7-5-12(24)14(31-21)6-8-21)13(9-26-29)27-19(30)16-18(25)32-20(28-16)15-10(22)3-2-4-11(15)23/h2-4,9,12,14,19,27,30H,5-8,24-25H2,1H3/t12-,14+,19?,21+/m0/s1. The first-order valence-corrected chi connectivity index (χ1v) is 11.2. The highest BCUT2D eigenvalue weighted by molar-refractivity contribution is 7.18. The first kappa shape index (κ1) is 21.3. The van der Waals surface area contributed by atoms with Crippen LogP contribution in [-0.4, -0.2) is 32.0 Å². The fourth-order valence-electron chi connectivity index (χ4n) is 4.79. The molecule has 0 aliphatic carbocycles. The van der Waals surface area contributed by atoms with Crippen molar-refractivity contribution in [3.05, 3.63) is 47.4 Å². The van der Waals surface area contributed by atoms with Gasteiger partial charge in [0, 0.05) is 13.1 Å². The lowest BCUT2D eigenvalue weighted by Crippen LogP contribution is -2.43. The number of nitrogens with one attached hydrogen (secondary N) is 1. The monoisotopic (exact) mass is 462 g/mol. The lowest BCUT2D eigenvalue weighted by atomic mass is 9.89. The molecule has 4 heterocycles. The number of rotatable bonds is 5. The number of benzene rings is 1. The molecule has 11 heteroatoms. The quantitative estimate of drug-likeness (QED) is 0.430. The van der Waals surface area contributed by atoms with Gasteiger partial charge in [-0.25, -0.2) is 13.8 Å². The zero-order chi connectivity index (χ0) is 22.6. The van der Waals surface area contributed by atoms with Crippen molar-refractivity contribution in [1.29, 1.82) is 0 Å². The Morgan fingerprint density at radius 1 is 1.31 bits per heavy atom. The number of aryl methyl sites for hydroxylation is 1. The molecule has 3 aromatic rings. The van der Waals surface area contributed by atoms with E-state index >= 15 is 0 Å². The molecular weight excluding hydrogens is 438 g/mol. The topological polar surface area (TPSA) is 124 Å². The van der Waals surface area contributed by atoms with Gasteiger partial charge in [-0.05, 0) is 37.8 Å². The number of ether oxygens (including phenoxy) is 1. The Morgan fingerprint density at radius 2 is 2.03 bits per heavy atom. The second kappa shape index (κ2) is 7.77. The minimum absolute atomic E-state index is 0.00355. The van der Waals surface area contributed by atoms with Crippen LogP contribution in [0.3, 0.4) is 0 Å². The number of thiazole rings is 1. The van der Waals surface area contributed by atoms with E-state index in [0.717, 1.165) is 54.8 Å². The molecule has 5 rings (SSSR count). The molecule has 2 aliphatic heterocycles. The van der Waals surface area contributed by atoms with Crippen LogP contribution in [0.1, 0.15) is 43.3 Å². The Hall–Kier alpha value is -2.60. The minimum Gasteiger partial charge on any atom is -0.389 e. The van der Waals surface area contributed by atoms with E-state index in [1.165, 1.54) is 6.07 Å². The number of halogens is 2. The van der Waals surface area contributed by atoms with Gasteiger partial charge in [0.2, 0.25) is 0 Å². The average Bonchev–Trinajstić information content (AvgIpc) is 3.42. The highest BCUT2D eigenvalue weighted by atomic mass is 32.1. The van der Waals surface area contributed by atoms with E-state index in [1.807, 2.05) is 7.05 Å². The van der Waals surface area contributed by atoms with E-state index in [4.69, 9.17) is 16.2 Å². The predicted molar refractivity (Wildman–Crippen MR) is 117 cm³/mol. The number of aliphatic hydroxyl groups is 1. The molecule has 170 valence electrons. The molecule has 2 saturated heterocycles. The summed E-state index contributed by atoms with van der Waals surface area (Å²) in [5.41, 5.74) is 12.9. The maximum atomic E-state index is 14.2. The van der Waals surface area contributed by atoms with Crippen LogP contribution >= 0.6 is 11.3 Å². The van der Waals surface area contributed by atoms with E-state index in [2.05, 4.69) is 15.4 Å². The molecule has 2 aromatic heterocycles. The van der Waals surface area contributed by atoms with E-state index in [0.29, 0.717) is 5.69 Å². The summed E-state index contributed by atoms with van der Waals surface area (Å²) >= 11 is 0.910. The Balaban J connectivity index is 1.44. The third-order valence-electron chi connectivity index (χ3n) is 6.35. The molecule has 6 N–H and O–H groups in total. The molecule has 0 radical (unpaired) electrons. The molecule has 1 aromatic carbocycles.